The van der Waals surface area contributed by atoms with Crippen molar-refractivity contribution in [2.24, 2.45) is 0 Å². The summed E-state index contributed by atoms with van der Waals surface area (Å²) in [6, 6.07) is 6.81. The lowest BCUT2D eigenvalue weighted by molar-refractivity contribution is -0.120. The number of carbonyl (C=O) groups excluding carboxylic acids is 2. The van der Waals surface area contributed by atoms with Gasteiger partial charge in [0.2, 0.25) is 5.91 Å². The highest BCUT2D eigenvalue weighted by Gasteiger charge is 2.15. The monoisotopic (exact) mass is 355 g/mol. The van der Waals surface area contributed by atoms with Gasteiger partial charge in [0.25, 0.3) is 0 Å². The van der Waals surface area contributed by atoms with Gasteiger partial charge in [-0.2, -0.15) is 0 Å². The third kappa shape index (κ3) is 8.74. The third-order valence-electron chi connectivity index (χ3n) is 3.03. The van der Waals surface area contributed by atoms with Crippen LogP contribution in [0.25, 0.3) is 0 Å². The number of urea groups is 1. The van der Waals surface area contributed by atoms with Crippen molar-refractivity contribution in [1.82, 2.24) is 15.5 Å². The highest BCUT2D eigenvalue weighted by Crippen LogP contribution is 2.22. The second-order valence-corrected chi connectivity index (χ2v) is 6.99. The van der Waals surface area contributed by atoms with Gasteiger partial charge < -0.3 is 15.0 Å². The molecular weight excluding hydrogens is 330 g/mol. The summed E-state index contributed by atoms with van der Waals surface area (Å²) in [5.41, 5.74) is -0.378. The molecule has 24 heavy (non-hydrogen) atoms. The Labute approximate surface area is 148 Å². The molecule has 1 aromatic carbocycles. The molecule has 1 aromatic rings. The van der Waals surface area contributed by atoms with Crippen LogP contribution in [0.5, 0.6) is 5.75 Å². The Morgan fingerprint density at radius 3 is 2.50 bits per heavy atom. The van der Waals surface area contributed by atoms with Gasteiger partial charge in [0.1, 0.15) is 12.4 Å². The molecule has 0 heterocycles. The number of amides is 3. The van der Waals surface area contributed by atoms with Crippen molar-refractivity contribution in [3.05, 3.63) is 29.3 Å². The quantitative estimate of drug-likeness (QED) is 0.788. The molecule has 0 saturated carbocycles. The van der Waals surface area contributed by atoms with Gasteiger partial charge in [-0.1, -0.05) is 23.7 Å². The van der Waals surface area contributed by atoms with Crippen molar-refractivity contribution in [3.63, 3.8) is 0 Å². The molecule has 0 spiro atoms. The minimum Gasteiger partial charge on any atom is -0.491 e. The zero-order valence-corrected chi connectivity index (χ0v) is 15.4. The fraction of sp³-hybridized carbons (Fsp3) is 0.529. The molecule has 3 amide bonds. The molecule has 0 aromatic heterocycles. The van der Waals surface area contributed by atoms with Crippen molar-refractivity contribution in [3.8, 4) is 5.75 Å². The maximum Gasteiger partial charge on any atom is 0.321 e. The van der Waals surface area contributed by atoms with Gasteiger partial charge in [0.05, 0.1) is 5.02 Å². The summed E-state index contributed by atoms with van der Waals surface area (Å²) in [5.74, 6) is 0.333. The van der Waals surface area contributed by atoms with E-state index in [4.69, 9.17) is 16.3 Å². The highest BCUT2D eigenvalue weighted by molar-refractivity contribution is 6.32. The molecule has 0 bridgehead atoms. The summed E-state index contributed by atoms with van der Waals surface area (Å²) < 4.78 is 5.60. The molecule has 0 unspecified atom stereocenters. The SMILES string of the molecule is CN(CCOc1ccccc1Cl)CCC(=O)NC(=O)NC(C)(C)C. The van der Waals surface area contributed by atoms with Gasteiger partial charge >= 0.3 is 6.03 Å². The predicted octanol–water partition coefficient (Wildman–Crippen LogP) is 2.67. The summed E-state index contributed by atoms with van der Waals surface area (Å²) in [6.07, 6.45) is 0.236. The summed E-state index contributed by atoms with van der Waals surface area (Å²) in [7, 11) is 1.89. The second kappa shape index (κ2) is 9.49. The Balaban J connectivity index is 2.21. The lowest BCUT2D eigenvalue weighted by Crippen LogP contribution is -2.48. The first-order chi connectivity index (χ1) is 11.2. The summed E-state index contributed by atoms with van der Waals surface area (Å²) in [5, 5.41) is 5.57. The number of nitrogens with one attached hydrogen (secondary N) is 2. The average Bonchev–Trinajstić information content (AvgIpc) is 2.45. The Morgan fingerprint density at radius 1 is 1.21 bits per heavy atom. The van der Waals surface area contributed by atoms with E-state index in [1.807, 2.05) is 50.9 Å². The van der Waals surface area contributed by atoms with Crippen molar-refractivity contribution < 1.29 is 14.3 Å². The van der Waals surface area contributed by atoms with E-state index in [1.165, 1.54) is 0 Å². The number of imide groups is 1. The van der Waals surface area contributed by atoms with E-state index in [0.29, 0.717) is 30.5 Å². The van der Waals surface area contributed by atoms with Gasteiger partial charge in [-0.15, -0.1) is 0 Å². The van der Waals surface area contributed by atoms with Crippen LogP contribution in [0.3, 0.4) is 0 Å². The summed E-state index contributed by atoms with van der Waals surface area (Å²) in [4.78, 5) is 25.3. The van der Waals surface area contributed by atoms with Crippen LogP contribution >= 0.6 is 11.6 Å². The van der Waals surface area contributed by atoms with Crippen LogP contribution in [0, 0.1) is 0 Å². The Bertz CT molecular complexity index is 558. The summed E-state index contributed by atoms with van der Waals surface area (Å²) >= 11 is 6.01. The van der Waals surface area contributed by atoms with E-state index in [-0.39, 0.29) is 17.9 Å². The van der Waals surface area contributed by atoms with Gasteiger partial charge in [-0.3, -0.25) is 10.1 Å². The molecule has 0 aliphatic heterocycles. The first-order valence-corrected chi connectivity index (χ1v) is 8.23. The number of rotatable bonds is 7. The number of benzene rings is 1. The summed E-state index contributed by atoms with van der Waals surface area (Å²) in [6.45, 7) is 7.19. The van der Waals surface area contributed by atoms with Gasteiger partial charge in [0, 0.05) is 25.0 Å². The number of halogens is 1. The van der Waals surface area contributed by atoms with Gasteiger partial charge in [0.15, 0.2) is 0 Å². The molecule has 0 aliphatic carbocycles. The molecule has 1 rings (SSSR count). The lowest BCUT2D eigenvalue weighted by atomic mass is 10.1. The Hall–Kier alpha value is -1.79. The maximum atomic E-state index is 11.7. The number of hydrogen-bond acceptors (Lipinski definition) is 4. The largest absolute Gasteiger partial charge is 0.491 e. The predicted molar refractivity (Wildman–Crippen MR) is 95.5 cm³/mol. The van der Waals surface area contributed by atoms with E-state index >= 15 is 0 Å². The zero-order chi connectivity index (χ0) is 18.2. The number of nitrogens with zero attached hydrogens (tertiary/aromatic N) is 1. The van der Waals surface area contributed by atoms with Crippen LogP contribution in [0.15, 0.2) is 24.3 Å². The molecule has 0 saturated heterocycles. The number of hydrogen-bond donors (Lipinski definition) is 2. The smallest absolute Gasteiger partial charge is 0.321 e. The van der Waals surface area contributed by atoms with Gasteiger partial charge in [-0.25, -0.2) is 4.79 Å². The van der Waals surface area contributed by atoms with E-state index in [1.54, 1.807) is 6.07 Å². The molecule has 2 N–H and O–H groups in total. The van der Waals surface area contributed by atoms with Crippen LogP contribution in [-0.4, -0.2) is 49.1 Å². The molecule has 0 fully saturated rings. The van der Waals surface area contributed by atoms with E-state index < -0.39 is 6.03 Å². The second-order valence-electron chi connectivity index (χ2n) is 6.58. The number of ether oxygens (including phenoxy) is 1. The highest BCUT2D eigenvalue weighted by atomic mass is 35.5. The van der Waals surface area contributed by atoms with Crippen molar-refractivity contribution in [2.45, 2.75) is 32.7 Å². The average molecular weight is 356 g/mol. The molecule has 134 valence electrons. The Morgan fingerprint density at radius 2 is 1.88 bits per heavy atom. The lowest BCUT2D eigenvalue weighted by Gasteiger charge is -2.21. The first-order valence-electron chi connectivity index (χ1n) is 7.85. The fourth-order valence-corrected chi connectivity index (χ4v) is 2.03. The molecule has 0 radical (unpaired) electrons. The number of para-hydroxylation sites is 1. The van der Waals surface area contributed by atoms with E-state index in [9.17, 15) is 9.59 Å². The first kappa shape index (κ1) is 20.3. The Kier molecular flexibility index (Phi) is 8.01. The topological polar surface area (TPSA) is 70.7 Å². The third-order valence-corrected chi connectivity index (χ3v) is 3.34. The fourth-order valence-electron chi connectivity index (χ4n) is 1.84. The van der Waals surface area contributed by atoms with Crippen LogP contribution in [0.1, 0.15) is 27.2 Å². The zero-order valence-electron chi connectivity index (χ0n) is 14.7. The molecule has 0 aliphatic rings. The number of likely N-dealkylation sites (N-methyl/N-ethyl adjacent to an activating group) is 1. The van der Waals surface area contributed by atoms with E-state index in [2.05, 4.69) is 10.6 Å². The van der Waals surface area contributed by atoms with Crippen LogP contribution in [0.2, 0.25) is 5.02 Å². The van der Waals surface area contributed by atoms with Crippen LogP contribution < -0.4 is 15.4 Å². The van der Waals surface area contributed by atoms with Crippen molar-refractivity contribution >= 4 is 23.5 Å². The molecular formula is C17H26ClN3O3. The van der Waals surface area contributed by atoms with Crippen LogP contribution in [0.4, 0.5) is 4.79 Å². The minimum absolute atomic E-state index is 0.236. The minimum atomic E-state index is -0.475. The number of carbonyl (C=O) groups is 2. The van der Waals surface area contributed by atoms with Gasteiger partial charge in [-0.05, 0) is 40.0 Å². The normalized spacial score (nSPS) is 11.2. The van der Waals surface area contributed by atoms with E-state index in [0.717, 1.165) is 0 Å². The molecule has 7 heteroatoms. The molecule has 0 atom stereocenters. The maximum absolute atomic E-state index is 11.7. The molecule has 6 nitrogen and oxygen atoms in total. The van der Waals surface area contributed by atoms with Crippen molar-refractivity contribution in [1.29, 1.82) is 0 Å². The standard InChI is InChI=1S/C17H26ClN3O3/c1-17(2,3)20-16(23)19-15(22)9-10-21(4)11-12-24-14-8-6-5-7-13(14)18/h5-8H,9-12H2,1-4H3,(H2,19,20,22,23). The van der Waals surface area contributed by atoms with Crippen LogP contribution in [-0.2, 0) is 4.79 Å². The van der Waals surface area contributed by atoms with Crippen molar-refractivity contribution in [2.75, 3.05) is 26.7 Å².